The molecule has 4 rings (SSSR count). The number of nitrogens with one attached hydrogen (secondary N) is 1. The third kappa shape index (κ3) is 2.97. The van der Waals surface area contributed by atoms with Crippen molar-refractivity contribution in [3.8, 4) is 11.8 Å². The number of aromatic amines is 1. The molecule has 1 atom stereocenters. The number of piperidine rings is 1. The van der Waals surface area contributed by atoms with Gasteiger partial charge in [-0.05, 0) is 37.1 Å². The van der Waals surface area contributed by atoms with Crippen LogP contribution in [0.2, 0.25) is 0 Å². The molecule has 1 aliphatic heterocycles. The van der Waals surface area contributed by atoms with Gasteiger partial charge in [0.1, 0.15) is 11.6 Å². The monoisotopic (exact) mass is 346 g/mol. The first-order chi connectivity index (χ1) is 12.8. The second-order valence-corrected chi connectivity index (χ2v) is 6.36. The Morgan fingerprint density at radius 3 is 2.88 bits per heavy atom. The van der Waals surface area contributed by atoms with E-state index in [1.54, 1.807) is 22.9 Å². The zero-order valence-electron chi connectivity index (χ0n) is 14.2. The van der Waals surface area contributed by atoms with Crippen LogP contribution < -0.4 is 10.6 Å². The summed E-state index contributed by atoms with van der Waals surface area (Å²) in [5, 5.41) is 16.0. The number of H-pyrrole nitrogens is 1. The molecule has 1 aliphatic rings. The summed E-state index contributed by atoms with van der Waals surface area (Å²) in [5.41, 5.74) is 1.17. The fourth-order valence-electron chi connectivity index (χ4n) is 3.47. The van der Waals surface area contributed by atoms with E-state index in [0.29, 0.717) is 12.1 Å². The van der Waals surface area contributed by atoms with Gasteiger partial charge >= 0.3 is 5.69 Å². The molecule has 1 aromatic carbocycles. The van der Waals surface area contributed by atoms with Gasteiger partial charge < -0.3 is 4.90 Å². The van der Waals surface area contributed by atoms with Gasteiger partial charge in [-0.15, -0.1) is 0 Å². The number of benzene rings is 1. The third-order valence-corrected chi connectivity index (χ3v) is 4.70. The van der Waals surface area contributed by atoms with Gasteiger partial charge in [-0.2, -0.15) is 10.4 Å². The van der Waals surface area contributed by atoms with Crippen LogP contribution in [0.5, 0.6) is 0 Å². The van der Waals surface area contributed by atoms with Crippen LogP contribution in [0.3, 0.4) is 0 Å². The first-order valence-electron chi connectivity index (χ1n) is 8.60. The highest BCUT2D eigenvalue weighted by Gasteiger charge is 2.27. The molecular formula is C19H18N6O. The summed E-state index contributed by atoms with van der Waals surface area (Å²) >= 11 is 0. The summed E-state index contributed by atoms with van der Waals surface area (Å²) in [7, 11) is 0. The average Bonchev–Trinajstić information content (AvgIpc) is 3.10. The summed E-state index contributed by atoms with van der Waals surface area (Å²) in [4.78, 5) is 18.9. The molecule has 3 aromatic rings. The molecule has 7 heteroatoms. The van der Waals surface area contributed by atoms with E-state index < -0.39 is 0 Å². The summed E-state index contributed by atoms with van der Waals surface area (Å²) in [6.45, 7) is 1.58. The first kappa shape index (κ1) is 16.1. The number of hydrogen-bond donors (Lipinski definition) is 1. The fourth-order valence-corrected chi connectivity index (χ4v) is 3.47. The zero-order chi connectivity index (χ0) is 17.9. The topological polar surface area (TPSA) is 90.6 Å². The number of nitriles is 1. The van der Waals surface area contributed by atoms with Gasteiger partial charge in [-0.3, -0.25) is 0 Å². The van der Waals surface area contributed by atoms with Gasteiger partial charge in [-0.25, -0.2) is 19.4 Å². The number of aromatic nitrogens is 4. The Kier molecular flexibility index (Phi) is 4.23. The number of pyridine rings is 1. The first-order valence-corrected chi connectivity index (χ1v) is 8.60. The normalized spacial score (nSPS) is 17.0. The second kappa shape index (κ2) is 6.84. The molecule has 7 nitrogen and oxygen atoms in total. The largest absolute Gasteiger partial charge is 0.356 e. The van der Waals surface area contributed by atoms with Crippen molar-refractivity contribution in [3.63, 3.8) is 0 Å². The minimum Gasteiger partial charge on any atom is -0.356 e. The van der Waals surface area contributed by atoms with Crippen molar-refractivity contribution in [1.29, 1.82) is 5.26 Å². The van der Waals surface area contributed by atoms with Crippen molar-refractivity contribution in [2.75, 3.05) is 18.0 Å². The molecule has 0 radical (unpaired) electrons. The van der Waals surface area contributed by atoms with Crippen LogP contribution in [0.1, 0.15) is 30.1 Å². The number of anilines is 1. The van der Waals surface area contributed by atoms with E-state index in [1.165, 1.54) is 0 Å². The maximum Gasteiger partial charge on any atom is 0.347 e. The number of para-hydroxylation sites is 1. The van der Waals surface area contributed by atoms with Crippen LogP contribution in [0, 0.1) is 11.3 Å². The molecule has 0 unspecified atom stereocenters. The van der Waals surface area contributed by atoms with Crippen LogP contribution in [-0.2, 0) is 0 Å². The average molecular weight is 346 g/mol. The van der Waals surface area contributed by atoms with Gasteiger partial charge in [-0.1, -0.05) is 18.2 Å². The Bertz CT molecular complexity index is 1000. The summed E-state index contributed by atoms with van der Waals surface area (Å²) in [6, 6.07) is 15.2. The molecule has 0 bridgehead atoms. The van der Waals surface area contributed by atoms with Crippen molar-refractivity contribution in [2.45, 2.75) is 18.8 Å². The lowest BCUT2D eigenvalue weighted by atomic mass is 9.97. The molecular weight excluding hydrogens is 328 g/mol. The van der Waals surface area contributed by atoms with Crippen LogP contribution in [-0.4, -0.2) is 32.8 Å². The molecule has 1 fully saturated rings. The molecule has 130 valence electrons. The van der Waals surface area contributed by atoms with Crippen LogP contribution in [0.4, 0.5) is 5.82 Å². The smallest absolute Gasteiger partial charge is 0.347 e. The fraction of sp³-hybridized carbons (Fsp3) is 0.263. The summed E-state index contributed by atoms with van der Waals surface area (Å²) < 4.78 is 1.65. The van der Waals surface area contributed by atoms with Gasteiger partial charge in [0.05, 0.1) is 17.3 Å². The lowest BCUT2D eigenvalue weighted by Gasteiger charge is -2.33. The standard InChI is InChI=1S/C19H18N6O/c20-12-14-8-9-21-17(11-14)24-10-4-5-15(13-24)18-22-23-19(26)25(18)16-6-2-1-3-7-16/h1-3,6-9,11,15H,4-5,10,13H2,(H,23,26)/t15-/m0/s1. The maximum atomic E-state index is 12.3. The summed E-state index contributed by atoms with van der Waals surface area (Å²) in [6.07, 6.45) is 3.58. The minimum absolute atomic E-state index is 0.107. The zero-order valence-corrected chi connectivity index (χ0v) is 14.2. The number of rotatable bonds is 3. The SMILES string of the molecule is N#Cc1ccnc(N2CCC[C@H](c3n[nH]c(=O)n3-c3ccccc3)C2)c1. The second-order valence-electron chi connectivity index (χ2n) is 6.36. The quantitative estimate of drug-likeness (QED) is 0.785. The molecule has 2 aromatic heterocycles. The van der Waals surface area contributed by atoms with E-state index in [0.717, 1.165) is 36.7 Å². The Morgan fingerprint density at radius 2 is 2.08 bits per heavy atom. The maximum absolute atomic E-state index is 12.3. The lowest BCUT2D eigenvalue weighted by Crippen LogP contribution is -2.36. The molecule has 0 amide bonds. The highest BCUT2D eigenvalue weighted by atomic mass is 16.1. The van der Waals surface area contributed by atoms with E-state index in [9.17, 15) is 4.79 Å². The predicted molar refractivity (Wildman–Crippen MR) is 97.3 cm³/mol. The van der Waals surface area contributed by atoms with Gasteiger partial charge in [0.2, 0.25) is 0 Å². The Balaban J connectivity index is 1.65. The van der Waals surface area contributed by atoms with E-state index in [4.69, 9.17) is 5.26 Å². The van der Waals surface area contributed by atoms with E-state index in [2.05, 4.69) is 26.2 Å². The molecule has 26 heavy (non-hydrogen) atoms. The van der Waals surface area contributed by atoms with Crippen molar-refractivity contribution in [3.05, 3.63) is 70.5 Å². The van der Waals surface area contributed by atoms with Crippen molar-refractivity contribution < 1.29 is 0 Å². The minimum atomic E-state index is -0.229. The Labute approximate surface area is 150 Å². The number of hydrogen-bond acceptors (Lipinski definition) is 5. The van der Waals surface area contributed by atoms with Crippen LogP contribution in [0.15, 0.2) is 53.5 Å². The molecule has 1 N–H and O–H groups in total. The van der Waals surface area contributed by atoms with E-state index in [-0.39, 0.29) is 11.6 Å². The highest BCUT2D eigenvalue weighted by Crippen LogP contribution is 2.28. The van der Waals surface area contributed by atoms with E-state index in [1.807, 2.05) is 30.3 Å². The lowest BCUT2D eigenvalue weighted by molar-refractivity contribution is 0.483. The summed E-state index contributed by atoms with van der Waals surface area (Å²) in [5.74, 6) is 1.63. The van der Waals surface area contributed by atoms with Crippen LogP contribution in [0.25, 0.3) is 5.69 Å². The molecule has 3 heterocycles. The highest BCUT2D eigenvalue weighted by molar-refractivity contribution is 5.46. The van der Waals surface area contributed by atoms with Gasteiger partial charge in [0.15, 0.2) is 0 Å². The molecule has 0 spiro atoms. The molecule has 0 aliphatic carbocycles. The van der Waals surface area contributed by atoms with Gasteiger partial charge in [0.25, 0.3) is 0 Å². The Hall–Kier alpha value is -3.40. The van der Waals surface area contributed by atoms with Crippen molar-refractivity contribution in [1.82, 2.24) is 19.7 Å². The van der Waals surface area contributed by atoms with Gasteiger partial charge in [0, 0.05) is 25.2 Å². The third-order valence-electron chi connectivity index (χ3n) is 4.70. The molecule has 1 saturated heterocycles. The predicted octanol–water partition coefficient (Wildman–Crippen LogP) is 2.21. The van der Waals surface area contributed by atoms with Crippen molar-refractivity contribution in [2.24, 2.45) is 0 Å². The van der Waals surface area contributed by atoms with E-state index >= 15 is 0 Å². The Morgan fingerprint density at radius 1 is 1.23 bits per heavy atom. The number of nitrogens with zero attached hydrogens (tertiary/aromatic N) is 5. The molecule has 0 saturated carbocycles. The van der Waals surface area contributed by atoms with Crippen molar-refractivity contribution >= 4 is 5.82 Å². The van der Waals surface area contributed by atoms with Crippen LogP contribution >= 0.6 is 0 Å².